The summed E-state index contributed by atoms with van der Waals surface area (Å²) in [6, 6.07) is 13.6. The minimum absolute atomic E-state index is 0.653. The van der Waals surface area contributed by atoms with Gasteiger partial charge in [-0.2, -0.15) is 0 Å². The van der Waals surface area contributed by atoms with Gasteiger partial charge in [0.1, 0.15) is 11.5 Å². The Balaban J connectivity index is 1.99. The normalized spacial score (nSPS) is 10.3. The molecule has 4 heteroatoms. The number of hydrogen-bond acceptors (Lipinski definition) is 3. The van der Waals surface area contributed by atoms with E-state index >= 15 is 0 Å². The average Bonchev–Trinajstić information content (AvgIpc) is 2.49. The summed E-state index contributed by atoms with van der Waals surface area (Å²) in [6.07, 6.45) is 0. The molecule has 0 saturated carbocycles. The lowest BCUT2D eigenvalue weighted by atomic mass is 10.1. The van der Waals surface area contributed by atoms with Gasteiger partial charge < -0.3 is 14.8 Å². The topological polar surface area (TPSA) is 30.5 Å². The van der Waals surface area contributed by atoms with Crippen molar-refractivity contribution in [2.75, 3.05) is 14.2 Å². The molecule has 0 saturated heterocycles. The first-order chi connectivity index (χ1) is 9.74. The first-order valence-corrected chi connectivity index (χ1v) is 6.77. The summed E-state index contributed by atoms with van der Waals surface area (Å²) < 4.78 is 10.5. The molecule has 0 amide bonds. The van der Waals surface area contributed by atoms with Crippen LogP contribution in [0.4, 0.5) is 0 Å². The molecule has 0 spiro atoms. The number of rotatable bonds is 6. The van der Waals surface area contributed by atoms with Crippen molar-refractivity contribution in [3.63, 3.8) is 0 Å². The fourth-order valence-electron chi connectivity index (χ4n) is 2.02. The van der Waals surface area contributed by atoms with Crippen molar-refractivity contribution in [3.8, 4) is 11.5 Å². The highest BCUT2D eigenvalue weighted by molar-refractivity contribution is 6.31. The van der Waals surface area contributed by atoms with Crippen molar-refractivity contribution < 1.29 is 9.47 Å². The number of methoxy groups -OCH3 is 2. The van der Waals surface area contributed by atoms with E-state index in [0.717, 1.165) is 29.2 Å². The molecule has 0 heterocycles. The molecule has 0 aromatic heterocycles. The van der Waals surface area contributed by atoms with Gasteiger partial charge in [-0.1, -0.05) is 29.8 Å². The van der Waals surface area contributed by atoms with E-state index in [2.05, 4.69) is 11.4 Å². The van der Waals surface area contributed by atoms with Crippen molar-refractivity contribution in [3.05, 3.63) is 58.6 Å². The second-order valence-corrected chi connectivity index (χ2v) is 4.78. The molecule has 20 heavy (non-hydrogen) atoms. The van der Waals surface area contributed by atoms with Crippen LogP contribution in [0.3, 0.4) is 0 Å². The van der Waals surface area contributed by atoms with Crippen LogP contribution in [-0.4, -0.2) is 14.2 Å². The Bertz CT molecular complexity index is 572. The van der Waals surface area contributed by atoms with E-state index in [1.165, 1.54) is 0 Å². The van der Waals surface area contributed by atoms with Crippen LogP contribution in [0.5, 0.6) is 11.5 Å². The molecular formula is C16H18ClNO2. The third-order valence-electron chi connectivity index (χ3n) is 3.06. The van der Waals surface area contributed by atoms with Gasteiger partial charge in [-0.05, 0) is 29.8 Å². The molecule has 0 fully saturated rings. The minimum atomic E-state index is 0.653. The van der Waals surface area contributed by atoms with Crippen LogP contribution >= 0.6 is 11.6 Å². The molecule has 106 valence electrons. The maximum Gasteiger partial charge on any atom is 0.124 e. The molecule has 0 aliphatic rings. The van der Waals surface area contributed by atoms with Gasteiger partial charge in [-0.3, -0.25) is 0 Å². The third kappa shape index (κ3) is 3.65. The van der Waals surface area contributed by atoms with Crippen LogP contribution in [-0.2, 0) is 13.1 Å². The zero-order valence-electron chi connectivity index (χ0n) is 11.7. The van der Waals surface area contributed by atoms with E-state index in [-0.39, 0.29) is 0 Å². The summed E-state index contributed by atoms with van der Waals surface area (Å²) in [5.41, 5.74) is 2.13. The molecule has 2 aromatic rings. The van der Waals surface area contributed by atoms with Crippen molar-refractivity contribution in [2.45, 2.75) is 13.1 Å². The molecule has 3 nitrogen and oxygen atoms in total. The van der Waals surface area contributed by atoms with Gasteiger partial charge in [0.2, 0.25) is 0 Å². The third-order valence-corrected chi connectivity index (χ3v) is 3.41. The van der Waals surface area contributed by atoms with Crippen LogP contribution in [0.1, 0.15) is 11.1 Å². The second-order valence-electron chi connectivity index (χ2n) is 4.38. The van der Waals surface area contributed by atoms with Gasteiger partial charge in [0.05, 0.1) is 14.2 Å². The highest BCUT2D eigenvalue weighted by atomic mass is 35.5. The van der Waals surface area contributed by atoms with Gasteiger partial charge in [-0.15, -0.1) is 0 Å². The molecule has 0 aliphatic carbocycles. The molecule has 0 aliphatic heterocycles. The number of hydrogen-bond donors (Lipinski definition) is 1. The maximum absolute atomic E-state index is 6.20. The van der Waals surface area contributed by atoms with E-state index in [4.69, 9.17) is 21.1 Å². The maximum atomic E-state index is 6.20. The zero-order valence-corrected chi connectivity index (χ0v) is 12.4. The van der Waals surface area contributed by atoms with Gasteiger partial charge in [0.25, 0.3) is 0 Å². The fourth-order valence-corrected chi connectivity index (χ4v) is 2.25. The number of ether oxygens (including phenoxy) is 2. The van der Waals surface area contributed by atoms with Crippen LogP contribution in [0.15, 0.2) is 42.5 Å². The SMILES string of the molecule is COc1cccc(CNCc2c(Cl)cccc2OC)c1. The molecule has 0 unspecified atom stereocenters. The molecular weight excluding hydrogens is 274 g/mol. The first-order valence-electron chi connectivity index (χ1n) is 6.39. The summed E-state index contributed by atoms with van der Waals surface area (Å²) in [6.45, 7) is 1.39. The van der Waals surface area contributed by atoms with E-state index in [1.54, 1.807) is 14.2 Å². The monoisotopic (exact) mass is 291 g/mol. The van der Waals surface area contributed by atoms with Crippen molar-refractivity contribution >= 4 is 11.6 Å². The second kappa shape index (κ2) is 7.17. The fraction of sp³-hybridized carbons (Fsp3) is 0.250. The molecule has 0 atom stereocenters. The molecule has 2 aromatic carbocycles. The smallest absolute Gasteiger partial charge is 0.124 e. The summed E-state index contributed by atoms with van der Waals surface area (Å²) in [5, 5.41) is 4.08. The minimum Gasteiger partial charge on any atom is -0.497 e. The van der Waals surface area contributed by atoms with Crippen LogP contribution in [0.25, 0.3) is 0 Å². The highest BCUT2D eigenvalue weighted by Crippen LogP contribution is 2.26. The van der Waals surface area contributed by atoms with Crippen LogP contribution < -0.4 is 14.8 Å². The predicted octanol–water partition coefficient (Wildman–Crippen LogP) is 3.65. The van der Waals surface area contributed by atoms with Crippen LogP contribution in [0.2, 0.25) is 5.02 Å². The van der Waals surface area contributed by atoms with Crippen LogP contribution in [0, 0.1) is 0 Å². The Hall–Kier alpha value is -1.71. The van der Waals surface area contributed by atoms with Crippen molar-refractivity contribution in [2.24, 2.45) is 0 Å². The lowest BCUT2D eigenvalue weighted by Crippen LogP contribution is -2.13. The van der Waals surface area contributed by atoms with Gasteiger partial charge in [-0.25, -0.2) is 0 Å². The van der Waals surface area contributed by atoms with Crippen molar-refractivity contribution in [1.29, 1.82) is 0 Å². The Kier molecular flexibility index (Phi) is 5.27. The number of halogens is 1. The van der Waals surface area contributed by atoms with E-state index in [1.807, 2.05) is 36.4 Å². The molecule has 2 rings (SSSR count). The molecule has 0 radical (unpaired) electrons. The Morgan fingerprint density at radius 2 is 1.80 bits per heavy atom. The standard InChI is InChI=1S/C16H18ClNO2/c1-19-13-6-3-5-12(9-13)10-18-11-14-15(17)7-4-8-16(14)20-2/h3-9,18H,10-11H2,1-2H3. The first kappa shape index (κ1) is 14.7. The van der Waals surface area contributed by atoms with E-state index in [9.17, 15) is 0 Å². The Labute approximate surface area is 124 Å². The number of nitrogens with one attached hydrogen (secondary N) is 1. The van der Waals surface area contributed by atoms with Gasteiger partial charge >= 0.3 is 0 Å². The predicted molar refractivity (Wildman–Crippen MR) is 81.5 cm³/mol. The highest BCUT2D eigenvalue weighted by Gasteiger charge is 2.06. The quantitative estimate of drug-likeness (QED) is 0.881. The largest absolute Gasteiger partial charge is 0.497 e. The van der Waals surface area contributed by atoms with Crippen molar-refractivity contribution in [1.82, 2.24) is 5.32 Å². The Morgan fingerprint density at radius 1 is 1.00 bits per heavy atom. The van der Waals surface area contributed by atoms with Gasteiger partial charge in [0.15, 0.2) is 0 Å². The summed E-state index contributed by atoms with van der Waals surface area (Å²) in [5.74, 6) is 1.66. The summed E-state index contributed by atoms with van der Waals surface area (Å²) >= 11 is 6.20. The lowest BCUT2D eigenvalue weighted by Gasteiger charge is -2.11. The molecule has 1 N–H and O–H groups in total. The number of benzene rings is 2. The van der Waals surface area contributed by atoms with E-state index in [0.29, 0.717) is 11.6 Å². The lowest BCUT2D eigenvalue weighted by molar-refractivity contribution is 0.407. The average molecular weight is 292 g/mol. The van der Waals surface area contributed by atoms with E-state index < -0.39 is 0 Å². The molecule has 0 bridgehead atoms. The Morgan fingerprint density at radius 3 is 2.55 bits per heavy atom. The van der Waals surface area contributed by atoms with Gasteiger partial charge in [0, 0.05) is 23.7 Å². The summed E-state index contributed by atoms with van der Waals surface area (Å²) in [7, 11) is 3.32. The zero-order chi connectivity index (χ0) is 14.4. The summed E-state index contributed by atoms with van der Waals surface area (Å²) in [4.78, 5) is 0.